The van der Waals surface area contributed by atoms with Crippen molar-refractivity contribution in [1.82, 2.24) is 4.90 Å². The van der Waals surface area contributed by atoms with Crippen molar-refractivity contribution in [3.05, 3.63) is 59.5 Å². The highest BCUT2D eigenvalue weighted by Gasteiger charge is 2.37. The molecule has 0 unspecified atom stereocenters. The van der Waals surface area contributed by atoms with Crippen LogP contribution in [-0.2, 0) is 12.4 Å². The molecule has 140 valence electrons. The summed E-state index contributed by atoms with van der Waals surface area (Å²) in [5, 5.41) is 0. The lowest BCUT2D eigenvalue weighted by atomic mass is 10.0. The van der Waals surface area contributed by atoms with Gasteiger partial charge in [-0.1, -0.05) is 0 Å². The van der Waals surface area contributed by atoms with Gasteiger partial charge in [0.1, 0.15) is 5.76 Å². The molecular formula is C17H13F6NO2. The number of carbonyl (C=O) groups is 1. The molecule has 0 bridgehead atoms. The first-order valence-electron chi connectivity index (χ1n) is 7.16. The Bertz CT molecular complexity index is 798. The quantitative estimate of drug-likeness (QED) is 0.415. The SMILES string of the molecule is CN(C)/C=C/C(=O)c1ccc(-c2cc(C(F)(F)F)cc(C(F)(F)F)c2)o1. The van der Waals surface area contributed by atoms with Gasteiger partial charge in [0.2, 0.25) is 5.78 Å². The van der Waals surface area contributed by atoms with Crippen molar-refractivity contribution in [2.24, 2.45) is 0 Å². The fourth-order valence-electron chi connectivity index (χ4n) is 2.02. The minimum atomic E-state index is -4.96. The number of ketones is 1. The summed E-state index contributed by atoms with van der Waals surface area (Å²) >= 11 is 0. The Labute approximate surface area is 144 Å². The van der Waals surface area contributed by atoms with Crippen LogP contribution in [0.1, 0.15) is 21.7 Å². The largest absolute Gasteiger partial charge is 0.453 e. The molecule has 0 saturated heterocycles. The lowest BCUT2D eigenvalue weighted by molar-refractivity contribution is -0.143. The van der Waals surface area contributed by atoms with E-state index in [1.54, 1.807) is 19.0 Å². The summed E-state index contributed by atoms with van der Waals surface area (Å²) in [5.41, 5.74) is -3.35. The number of nitrogens with zero attached hydrogens (tertiary/aromatic N) is 1. The normalized spacial score (nSPS) is 12.6. The van der Waals surface area contributed by atoms with Crippen LogP contribution >= 0.6 is 0 Å². The van der Waals surface area contributed by atoms with E-state index in [1.807, 2.05) is 0 Å². The molecule has 0 aliphatic heterocycles. The first kappa shape index (κ1) is 19.6. The standard InChI is InChI=1S/C17H13F6NO2/c1-24(2)6-5-13(25)15-4-3-14(26-15)10-7-11(16(18,19)20)9-12(8-10)17(21,22)23/h3-9H,1-2H3/b6-5+. The molecule has 2 rings (SSSR count). The summed E-state index contributed by atoms with van der Waals surface area (Å²) in [7, 11) is 3.33. The van der Waals surface area contributed by atoms with E-state index in [0.717, 1.165) is 12.1 Å². The minimum absolute atomic E-state index is 0.0261. The van der Waals surface area contributed by atoms with Gasteiger partial charge in [0, 0.05) is 31.9 Å². The number of benzene rings is 1. The third-order valence-corrected chi connectivity index (χ3v) is 3.25. The maximum atomic E-state index is 12.9. The zero-order valence-corrected chi connectivity index (χ0v) is 13.6. The zero-order chi connectivity index (χ0) is 19.7. The molecule has 0 atom stereocenters. The van der Waals surface area contributed by atoms with Gasteiger partial charge >= 0.3 is 12.4 Å². The Morgan fingerprint density at radius 3 is 1.96 bits per heavy atom. The number of carbonyl (C=O) groups excluding carboxylic acids is 1. The average Bonchev–Trinajstić information content (AvgIpc) is 3.00. The minimum Gasteiger partial charge on any atom is -0.453 e. The predicted octanol–water partition coefficient (Wildman–Crippen LogP) is 5.24. The van der Waals surface area contributed by atoms with Crippen molar-refractivity contribution in [2.45, 2.75) is 12.4 Å². The molecule has 0 aliphatic carbocycles. The molecular weight excluding hydrogens is 364 g/mol. The Hall–Kier alpha value is -2.71. The lowest BCUT2D eigenvalue weighted by Gasteiger charge is -2.13. The Kier molecular flexibility index (Phi) is 5.20. The average molecular weight is 377 g/mol. The maximum Gasteiger partial charge on any atom is 0.416 e. The summed E-state index contributed by atoms with van der Waals surface area (Å²) in [6, 6.07) is 3.44. The van der Waals surface area contributed by atoms with E-state index < -0.39 is 34.8 Å². The van der Waals surface area contributed by atoms with Gasteiger partial charge in [0.25, 0.3) is 0 Å². The Morgan fingerprint density at radius 2 is 1.50 bits per heavy atom. The first-order valence-corrected chi connectivity index (χ1v) is 7.16. The van der Waals surface area contributed by atoms with E-state index in [4.69, 9.17) is 4.42 Å². The molecule has 1 aromatic heterocycles. The van der Waals surface area contributed by atoms with E-state index in [0.29, 0.717) is 12.1 Å². The predicted molar refractivity (Wildman–Crippen MR) is 81.3 cm³/mol. The van der Waals surface area contributed by atoms with Gasteiger partial charge in [0.05, 0.1) is 11.1 Å². The van der Waals surface area contributed by atoms with Crippen molar-refractivity contribution in [1.29, 1.82) is 0 Å². The maximum absolute atomic E-state index is 12.9. The third-order valence-electron chi connectivity index (χ3n) is 3.25. The summed E-state index contributed by atoms with van der Waals surface area (Å²) in [5.74, 6) is -1.06. The van der Waals surface area contributed by atoms with Gasteiger partial charge in [-0.05, 0) is 30.3 Å². The Morgan fingerprint density at radius 1 is 0.962 bits per heavy atom. The van der Waals surface area contributed by atoms with E-state index in [2.05, 4.69) is 0 Å². The van der Waals surface area contributed by atoms with Crippen LogP contribution in [0.25, 0.3) is 11.3 Å². The topological polar surface area (TPSA) is 33.5 Å². The van der Waals surface area contributed by atoms with E-state index in [9.17, 15) is 31.1 Å². The molecule has 0 radical (unpaired) electrons. The number of allylic oxidation sites excluding steroid dienone is 1. The van der Waals surface area contributed by atoms with Crippen molar-refractivity contribution < 1.29 is 35.6 Å². The smallest absolute Gasteiger partial charge is 0.416 e. The monoisotopic (exact) mass is 377 g/mol. The molecule has 0 spiro atoms. The Balaban J connectivity index is 2.47. The van der Waals surface area contributed by atoms with Crippen LogP contribution in [0.5, 0.6) is 0 Å². The van der Waals surface area contributed by atoms with Crippen molar-refractivity contribution in [3.8, 4) is 11.3 Å². The van der Waals surface area contributed by atoms with Crippen LogP contribution in [0.4, 0.5) is 26.3 Å². The molecule has 0 fully saturated rings. The molecule has 9 heteroatoms. The first-order chi connectivity index (χ1) is 11.9. The van der Waals surface area contributed by atoms with E-state index >= 15 is 0 Å². The van der Waals surface area contributed by atoms with Gasteiger partial charge in [-0.25, -0.2) is 0 Å². The van der Waals surface area contributed by atoms with E-state index in [1.165, 1.54) is 12.3 Å². The van der Waals surface area contributed by atoms with Crippen molar-refractivity contribution >= 4 is 5.78 Å². The van der Waals surface area contributed by atoms with Crippen LogP contribution in [0.15, 0.2) is 47.0 Å². The summed E-state index contributed by atoms with van der Waals surface area (Å²) in [6.45, 7) is 0. The van der Waals surface area contributed by atoms with Crippen LogP contribution in [-0.4, -0.2) is 24.8 Å². The molecule has 0 N–H and O–H groups in total. The summed E-state index contributed by atoms with van der Waals surface area (Å²) < 4.78 is 82.5. The van der Waals surface area contributed by atoms with Gasteiger partial charge in [0.15, 0.2) is 5.76 Å². The third kappa shape index (κ3) is 4.68. The number of furan rings is 1. The number of hydrogen-bond donors (Lipinski definition) is 0. The van der Waals surface area contributed by atoms with Crippen molar-refractivity contribution in [3.63, 3.8) is 0 Å². The number of rotatable bonds is 4. The molecule has 1 heterocycles. The second kappa shape index (κ2) is 6.89. The molecule has 26 heavy (non-hydrogen) atoms. The van der Waals surface area contributed by atoms with Crippen molar-refractivity contribution in [2.75, 3.05) is 14.1 Å². The zero-order valence-electron chi connectivity index (χ0n) is 13.6. The number of alkyl halides is 6. The van der Waals surface area contributed by atoms with Gasteiger partial charge in [-0.15, -0.1) is 0 Å². The molecule has 2 aromatic rings. The summed E-state index contributed by atoms with van der Waals surface area (Å²) in [4.78, 5) is 13.5. The van der Waals surface area contributed by atoms with Crippen LogP contribution < -0.4 is 0 Å². The second-order valence-corrected chi connectivity index (χ2v) is 5.60. The van der Waals surface area contributed by atoms with Crippen LogP contribution in [0, 0.1) is 0 Å². The molecule has 0 amide bonds. The highest BCUT2D eigenvalue weighted by molar-refractivity contribution is 6.02. The fraction of sp³-hybridized carbons (Fsp3) is 0.235. The highest BCUT2D eigenvalue weighted by atomic mass is 19.4. The number of hydrogen-bond acceptors (Lipinski definition) is 3. The second-order valence-electron chi connectivity index (χ2n) is 5.60. The molecule has 0 aliphatic rings. The summed E-state index contributed by atoms with van der Waals surface area (Å²) in [6.07, 6.45) is -7.34. The van der Waals surface area contributed by atoms with Crippen LogP contribution in [0.3, 0.4) is 0 Å². The molecule has 0 saturated carbocycles. The highest BCUT2D eigenvalue weighted by Crippen LogP contribution is 2.38. The van der Waals surface area contributed by atoms with Gasteiger partial charge < -0.3 is 9.32 Å². The molecule has 3 nitrogen and oxygen atoms in total. The van der Waals surface area contributed by atoms with Gasteiger partial charge in [-0.2, -0.15) is 26.3 Å². The van der Waals surface area contributed by atoms with E-state index in [-0.39, 0.29) is 17.6 Å². The van der Waals surface area contributed by atoms with Crippen LogP contribution in [0.2, 0.25) is 0 Å². The lowest BCUT2D eigenvalue weighted by Crippen LogP contribution is -2.11. The number of halogens is 6. The van der Waals surface area contributed by atoms with Gasteiger partial charge in [-0.3, -0.25) is 4.79 Å². The fourth-order valence-corrected chi connectivity index (χ4v) is 2.02. The molecule has 1 aromatic carbocycles.